The first-order valence-electron chi connectivity index (χ1n) is 5.24. The van der Waals surface area contributed by atoms with E-state index in [0.717, 1.165) is 5.69 Å². The Kier molecular flexibility index (Phi) is 4.94. The number of carbonyl (C=O) groups is 1. The molecule has 1 rings (SSSR count). The Morgan fingerprint density at radius 1 is 1.38 bits per heavy atom. The van der Waals surface area contributed by atoms with E-state index >= 15 is 0 Å². The lowest BCUT2D eigenvalue weighted by molar-refractivity contribution is 0.0955. The number of carbonyl (C=O) groups excluding carboxylic acids is 1. The van der Waals surface area contributed by atoms with Gasteiger partial charge in [-0.25, -0.2) is 0 Å². The van der Waals surface area contributed by atoms with Crippen molar-refractivity contribution in [2.45, 2.75) is 13.3 Å². The van der Waals surface area contributed by atoms with Crippen molar-refractivity contribution >= 4 is 11.6 Å². The van der Waals surface area contributed by atoms with E-state index < -0.39 is 0 Å². The maximum Gasteiger partial charge on any atom is 0.253 e. The topological polar surface area (TPSA) is 41.1 Å². The van der Waals surface area contributed by atoms with E-state index in [1.165, 1.54) is 0 Å². The fourth-order valence-corrected chi connectivity index (χ4v) is 1.36. The molecule has 0 radical (unpaired) electrons. The van der Waals surface area contributed by atoms with Crippen molar-refractivity contribution in [1.29, 1.82) is 0 Å². The molecule has 0 fully saturated rings. The van der Waals surface area contributed by atoms with Crippen LogP contribution < -0.4 is 10.6 Å². The van der Waals surface area contributed by atoms with Gasteiger partial charge in [-0.1, -0.05) is 12.1 Å². The van der Waals surface area contributed by atoms with Gasteiger partial charge in [0.1, 0.15) is 0 Å². The zero-order valence-corrected chi connectivity index (χ0v) is 9.63. The number of anilines is 1. The van der Waals surface area contributed by atoms with Gasteiger partial charge in [0, 0.05) is 25.7 Å². The summed E-state index contributed by atoms with van der Waals surface area (Å²) in [4.78, 5) is 11.8. The molecule has 0 spiro atoms. The normalized spacial score (nSPS) is 8.88. The molecule has 0 saturated carbocycles. The Labute approximate surface area is 96.2 Å². The smallest absolute Gasteiger partial charge is 0.253 e. The van der Waals surface area contributed by atoms with E-state index in [9.17, 15) is 4.79 Å². The largest absolute Gasteiger partial charge is 0.387 e. The molecule has 1 amide bonds. The van der Waals surface area contributed by atoms with Crippen molar-refractivity contribution in [1.82, 2.24) is 5.32 Å². The third-order valence-corrected chi connectivity index (χ3v) is 2.15. The van der Waals surface area contributed by atoms with Gasteiger partial charge >= 0.3 is 0 Å². The van der Waals surface area contributed by atoms with Gasteiger partial charge in [-0.05, 0) is 19.1 Å². The molecule has 84 valence electrons. The van der Waals surface area contributed by atoms with E-state index in [2.05, 4.69) is 22.5 Å². The predicted octanol–water partition coefficient (Wildman–Crippen LogP) is 1.87. The van der Waals surface area contributed by atoms with Crippen LogP contribution >= 0.6 is 0 Å². The third kappa shape index (κ3) is 3.32. The van der Waals surface area contributed by atoms with Crippen LogP contribution in [0.3, 0.4) is 0 Å². The fraction of sp³-hybridized carbons (Fsp3) is 0.308. The molecule has 1 aromatic rings. The van der Waals surface area contributed by atoms with Gasteiger partial charge in [-0.3, -0.25) is 4.79 Å². The molecule has 2 N–H and O–H groups in total. The van der Waals surface area contributed by atoms with Crippen molar-refractivity contribution in [3.63, 3.8) is 0 Å². The minimum atomic E-state index is -0.0668. The van der Waals surface area contributed by atoms with E-state index in [4.69, 9.17) is 0 Å². The first-order chi connectivity index (χ1) is 7.79. The summed E-state index contributed by atoms with van der Waals surface area (Å²) in [6, 6.07) is 7.42. The van der Waals surface area contributed by atoms with Crippen molar-refractivity contribution in [3.8, 4) is 11.8 Å². The first kappa shape index (κ1) is 12.1. The molecule has 0 aliphatic rings. The van der Waals surface area contributed by atoms with Crippen molar-refractivity contribution in [3.05, 3.63) is 29.8 Å². The van der Waals surface area contributed by atoms with Gasteiger partial charge in [0.05, 0.1) is 5.56 Å². The average molecular weight is 216 g/mol. The fourth-order valence-electron chi connectivity index (χ4n) is 1.36. The van der Waals surface area contributed by atoms with Crippen molar-refractivity contribution in [2.24, 2.45) is 0 Å². The van der Waals surface area contributed by atoms with Gasteiger partial charge in [-0.2, -0.15) is 0 Å². The van der Waals surface area contributed by atoms with Gasteiger partial charge in [-0.15, -0.1) is 11.8 Å². The summed E-state index contributed by atoms with van der Waals surface area (Å²) in [5, 5.41) is 5.82. The molecule has 3 heteroatoms. The quantitative estimate of drug-likeness (QED) is 0.596. The molecule has 0 bridgehead atoms. The summed E-state index contributed by atoms with van der Waals surface area (Å²) in [6.45, 7) is 2.37. The number of rotatable bonds is 4. The number of para-hydroxylation sites is 1. The lowest BCUT2D eigenvalue weighted by Gasteiger charge is -2.08. The summed E-state index contributed by atoms with van der Waals surface area (Å²) in [7, 11) is 1.80. The van der Waals surface area contributed by atoms with Crippen LogP contribution in [0.5, 0.6) is 0 Å². The lowest BCUT2D eigenvalue weighted by atomic mass is 10.1. The second-order valence-corrected chi connectivity index (χ2v) is 3.23. The molecule has 0 saturated heterocycles. The molecule has 0 atom stereocenters. The average Bonchev–Trinajstić information content (AvgIpc) is 2.34. The molecule has 0 aliphatic carbocycles. The molecule has 16 heavy (non-hydrogen) atoms. The second kappa shape index (κ2) is 6.52. The number of hydrogen-bond donors (Lipinski definition) is 2. The van der Waals surface area contributed by atoms with Gasteiger partial charge in [0.15, 0.2) is 0 Å². The van der Waals surface area contributed by atoms with Crippen LogP contribution in [0.4, 0.5) is 5.69 Å². The SMILES string of the molecule is CC#CCCNC(=O)c1ccccc1NC. The second-order valence-electron chi connectivity index (χ2n) is 3.23. The molecule has 1 aromatic carbocycles. The van der Waals surface area contributed by atoms with E-state index in [-0.39, 0.29) is 5.91 Å². The van der Waals surface area contributed by atoms with Crippen LogP contribution in [0.1, 0.15) is 23.7 Å². The highest BCUT2D eigenvalue weighted by Crippen LogP contribution is 2.13. The molecular weight excluding hydrogens is 200 g/mol. The summed E-state index contributed by atoms with van der Waals surface area (Å²) in [5.41, 5.74) is 1.50. The van der Waals surface area contributed by atoms with Crippen LogP contribution in [0.2, 0.25) is 0 Å². The third-order valence-electron chi connectivity index (χ3n) is 2.15. The number of benzene rings is 1. The van der Waals surface area contributed by atoms with Crippen LogP contribution in [-0.4, -0.2) is 19.5 Å². The molecule has 0 heterocycles. The van der Waals surface area contributed by atoms with Crippen LogP contribution in [0.25, 0.3) is 0 Å². The van der Waals surface area contributed by atoms with E-state index in [1.807, 2.05) is 18.2 Å². The summed E-state index contributed by atoms with van der Waals surface area (Å²) < 4.78 is 0. The van der Waals surface area contributed by atoms with Crippen LogP contribution in [0.15, 0.2) is 24.3 Å². The standard InChI is InChI=1S/C13H16N2O/c1-3-4-7-10-15-13(16)11-8-5-6-9-12(11)14-2/h5-6,8-9,14H,7,10H2,1-2H3,(H,15,16). The van der Waals surface area contributed by atoms with Crippen LogP contribution in [-0.2, 0) is 0 Å². The molecule has 0 aliphatic heterocycles. The maximum atomic E-state index is 11.8. The molecule has 0 aromatic heterocycles. The minimum Gasteiger partial charge on any atom is -0.387 e. The Balaban J connectivity index is 2.61. The number of nitrogens with one attached hydrogen (secondary N) is 2. The molecular formula is C13H16N2O. The predicted molar refractivity (Wildman–Crippen MR) is 66.4 cm³/mol. The minimum absolute atomic E-state index is 0.0668. The summed E-state index contributed by atoms with van der Waals surface area (Å²) in [6.07, 6.45) is 0.684. The highest BCUT2D eigenvalue weighted by atomic mass is 16.1. The Morgan fingerprint density at radius 2 is 2.12 bits per heavy atom. The monoisotopic (exact) mass is 216 g/mol. The Hall–Kier alpha value is -1.95. The van der Waals surface area contributed by atoms with Crippen molar-refractivity contribution in [2.75, 3.05) is 18.9 Å². The number of amides is 1. The number of hydrogen-bond acceptors (Lipinski definition) is 2. The zero-order valence-electron chi connectivity index (χ0n) is 9.63. The van der Waals surface area contributed by atoms with Crippen LogP contribution in [0, 0.1) is 11.8 Å². The lowest BCUT2D eigenvalue weighted by Crippen LogP contribution is -2.24. The highest BCUT2D eigenvalue weighted by molar-refractivity contribution is 5.99. The zero-order chi connectivity index (χ0) is 11.8. The maximum absolute atomic E-state index is 11.8. The summed E-state index contributed by atoms with van der Waals surface area (Å²) in [5.74, 6) is 5.63. The van der Waals surface area contributed by atoms with E-state index in [1.54, 1.807) is 20.0 Å². The van der Waals surface area contributed by atoms with Gasteiger partial charge in [0.2, 0.25) is 0 Å². The molecule has 0 unspecified atom stereocenters. The highest BCUT2D eigenvalue weighted by Gasteiger charge is 2.08. The van der Waals surface area contributed by atoms with E-state index in [0.29, 0.717) is 18.5 Å². The first-order valence-corrected chi connectivity index (χ1v) is 5.24. The Bertz CT molecular complexity index is 415. The van der Waals surface area contributed by atoms with Gasteiger partial charge < -0.3 is 10.6 Å². The molecule has 3 nitrogen and oxygen atoms in total. The Morgan fingerprint density at radius 3 is 2.81 bits per heavy atom. The van der Waals surface area contributed by atoms with Crippen molar-refractivity contribution < 1.29 is 4.79 Å². The van der Waals surface area contributed by atoms with Gasteiger partial charge in [0.25, 0.3) is 5.91 Å². The summed E-state index contributed by atoms with van der Waals surface area (Å²) >= 11 is 0.